The standard InChI is InChI=1S/C23H26ClN3O3S.ClH/c1-17-3-8-20-21(15-17)31-23(25-20)27(10-2-9-26-11-13-29-14-12-26)22(28)16-30-19-6-4-18(24)5-7-19;/h3-8,15H,2,9-14,16H2,1H3;1H. The molecule has 0 N–H and O–H groups in total. The van der Waals surface area contributed by atoms with Gasteiger partial charge in [-0.15, -0.1) is 12.4 Å². The monoisotopic (exact) mass is 495 g/mol. The number of aryl methyl sites for hydroxylation is 1. The van der Waals surface area contributed by atoms with Crippen LogP contribution in [0.2, 0.25) is 5.02 Å². The smallest absolute Gasteiger partial charge is 0.266 e. The van der Waals surface area contributed by atoms with Gasteiger partial charge in [0.15, 0.2) is 11.7 Å². The van der Waals surface area contributed by atoms with Crippen molar-refractivity contribution in [2.45, 2.75) is 13.3 Å². The molecule has 0 bridgehead atoms. The Kier molecular flexibility index (Phi) is 9.13. The van der Waals surface area contributed by atoms with Gasteiger partial charge in [-0.3, -0.25) is 14.6 Å². The Hall–Kier alpha value is -1.90. The Morgan fingerprint density at radius 3 is 2.72 bits per heavy atom. The molecule has 1 fully saturated rings. The number of rotatable bonds is 8. The lowest BCUT2D eigenvalue weighted by Crippen LogP contribution is -2.40. The van der Waals surface area contributed by atoms with Crippen LogP contribution in [0.1, 0.15) is 12.0 Å². The maximum absolute atomic E-state index is 13.1. The van der Waals surface area contributed by atoms with E-state index in [4.69, 9.17) is 26.1 Å². The Morgan fingerprint density at radius 2 is 1.97 bits per heavy atom. The molecule has 0 unspecified atom stereocenters. The number of ether oxygens (including phenoxy) is 2. The van der Waals surface area contributed by atoms with Gasteiger partial charge in [0.2, 0.25) is 0 Å². The van der Waals surface area contributed by atoms with Crippen molar-refractivity contribution in [2.24, 2.45) is 0 Å². The molecule has 1 aliphatic rings. The lowest BCUT2D eigenvalue weighted by atomic mass is 10.2. The summed E-state index contributed by atoms with van der Waals surface area (Å²) >= 11 is 7.47. The van der Waals surface area contributed by atoms with Gasteiger partial charge in [0.25, 0.3) is 5.91 Å². The van der Waals surface area contributed by atoms with Gasteiger partial charge in [0, 0.05) is 31.2 Å². The number of benzene rings is 2. The summed E-state index contributed by atoms with van der Waals surface area (Å²) in [5.41, 5.74) is 2.09. The number of carbonyl (C=O) groups excluding carboxylic acids is 1. The summed E-state index contributed by atoms with van der Waals surface area (Å²) in [7, 11) is 0. The fourth-order valence-corrected chi connectivity index (χ4v) is 4.73. The molecule has 172 valence electrons. The molecule has 0 radical (unpaired) electrons. The van der Waals surface area contributed by atoms with Gasteiger partial charge in [-0.2, -0.15) is 0 Å². The number of aromatic nitrogens is 1. The van der Waals surface area contributed by atoms with Crippen LogP contribution < -0.4 is 9.64 Å². The lowest BCUT2D eigenvalue weighted by molar-refractivity contribution is -0.120. The summed E-state index contributed by atoms with van der Waals surface area (Å²) in [6, 6.07) is 13.2. The number of hydrogen-bond acceptors (Lipinski definition) is 6. The van der Waals surface area contributed by atoms with E-state index in [1.54, 1.807) is 40.5 Å². The molecular weight excluding hydrogens is 469 g/mol. The summed E-state index contributed by atoms with van der Waals surface area (Å²) in [5.74, 6) is 0.513. The third-order valence-electron chi connectivity index (χ3n) is 5.20. The molecule has 1 amide bonds. The van der Waals surface area contributed by atoms with E-state index in [-0.39, 0.29) is 24.9 Å². The fraction of sp³-hybridized carbons (Fsp3) is 0.391. The lowest BCUT2D eigenvalue weighted by Gasteiger charge is -2.27. The number of anilines is 1. The van der Waals surface area contributed by atoms with Crippen molar-refractivity contribution in [3.8, 4) is 5.75 Å². The zero-order valence-corrected chi connectivity index (χ0v) is 20.3. The predicted octanol–water partition coefficient (Wildman–Crippen LogP) is 4.81. The minimum absolute atomic E-state index is 0. The van der Waals surface area contributed by atoms with Crippen molar-refractivity contribution in [1.29, 1.82) is 0 Å². The molecule has 6 nitrogen and oxygen atoms in total. The summed E-state index contributed by atoms with van der Waals surface area (Å²) in [5, 5.41) is 1.35. The van der Waals surface area contributed by atoms with E-state index < -0.39 is 0 Å². The quantitative estimate of drug-likeness (QED) is 0.448. The first kappa shape index (κ1) is 24.7. The molecule has 32 heavy (non-hydrogen) atoms. The van der Waals surface area contributed by atoms with E-state index in [1.165, 1.54) is 5.56 Å². The van der Waals surface area contributed by atoms with E-state index in [1.807, 2.05) is 12.1 Å². The first-order chi connectivity index (χ1) is 15.1. The average molecular weight is 496 g/mol. The fourth-order valence-electron chi connectivity index (χ4n) is 3.49. The van der Waals surface area contributed by atoms with Crippen molar-refractivity contribution in [2.75, 3.05) is 50.9 Å². The second-order valence-electron chi connectivity index (χ2n) is 7.56. The number of carbonyl (C=O) groups is 1. The van der Waals surface area contributed by atoms with Crippen LogP contribution in [-0.4, -0.2) is 61.8 Å². The summed E-state index contributed by atoms with van der Waals surface area (Å²) in [6.07, 6.45) is 0.863. The minimum Gasteiger partial charge on any atom is -0.484 e. The Morgan fingerprint density at radius 1 is 1.22 bits per heavy atom. The molecule has 1 saturated heterocycles. The highest BCUT2D eigenvalue weighted by atomic mass is 35.5. The first-order valence-corrected chi connectivity index (χ1v) is 11.6. The number of thiazole rings is 1. The predicted molar refractivity (Wildman–Crippen MR) is 133 cm³/mol. The van der Waals surface area contributed by atoms with Crippen molar-refractivity contribution >= 4 is 56.6 Å². The van der Waals surface area contributed by atoms with Gasteiger partial charge in [-0.25, -0.2) is 4.98 Å². The van der Waals surface area contributed by atoms with Crippen molar-refractivity contribution in [3.05, 3.63) is 53.1 Å². The number of morpholine rings is 1. The SMILES string of the molecule is Cc1ccc2nc(N(CCCN3CCOCC3)C(=O)COc3ccc(Cl)cc3)sc2c1.Cl. The summed E-state index contributed by atoms with van der Waals surface area (Å²) in [4.78, 5) is 22.0. The molecule has 1 aliphatic heterocycles. The number of amides is 1. The maximum Gasteiger partial charge on any atom is 0.266 e. The molecule has 0 saturated carbocycles. The summed E-state index contributed by atoms with van der Waals surface area (Å²) < 4.78 is 12.2. The van der Waals surface area contributed by atoms with Gasteiger partial charge in [-0.1, -0.05) is 29.0 Å². The van der Waals surface area contributed by atoms with Crippen LogP contribution in [0.15, 0.2) is 42.5 Å². The van der Waals surface area contributed by atoms with Crippen LogP contribution in [0.3, 0.4) is 0 Å². The van der Waals surface area contributed by atoms with Gasteiger partial charge in [-0.05, 0) is 55.3 Å². The highest BCUT2D eigenvalue weighted by Gasteiger charge is 2.21. The van der Waals surface area contributed by atoms with E-state index in [0.717, 1.165) is 49.5 Å². The molecule has 2 aromatic carbocycles. The van der Waals surface area contributed by atoms with E-state index in [0.29, 0.717) is 22.4 Å². The van der Waals surface area contributed by atoms with E-state index in [9.17, 15) is 4.79 Å². The highest BCUT2D eigenvalue weighted by Crippen LogP contribution is 2.30. The molecule has 0 atom stereocenters. The van der Waals surface area contributed by atoms with Crippen LogP contribution in [-0.2, 0) is 9.53 Å². The normalized spacial score (nSPS) is 14.2. The van der Waals surface area contributed by atoms with Crippen molar-refractivity contribution in [1.82, 2.24) is 9.88 Å². The topological polar surface area (TPSA) is 54.9 Å². The first-order valence-electron chi connectivity index (χ1n) is 10.4. The third-order valence-corrected chi connectivity index (χ3v) is 6.49. The summed E-state index contributed by atoms with van der Waals surface area (Å²) in [6.45, 7) is 6.96. The number of nitrogens with zero attached hydrogens (tertiary/aromatic N) is 3. The van der Waals surface area contributed by atoms with Crippen LogP contribution >= 0.6 is 35.3 Å². The zero-order chi connectivity index (χ0) is 21.6. The molecule has 4 rings (SSSR count). The molecule has 3 aromatic rings. The molecule has 0 aliphatic carbocycles. The van der Waals surface area contributed by atoms with E-state index >= 15 is 0 Å². The van der Waals surface area contributed by atoms with Crippen LogP contribution in [0.5, 0.6) is 5.75 Å². The van der Waals surface area contributed by atoms with Crippen molar-refractivity contribution < 1.29 is 14.3 Å². The zero-order valence-electron chi connectivity index (χ0n) is 18.0. The van der Waals surface area contributed by atoms with E-state index in [2.05, 4.69) is 17.9 Å². The van der Waals surface area contributed by atoms with Gasteiger partial charge < -0.3 is 9.47 Å². The van der Waals surface area contributed by atoms with Crippen LogP contribution in [0.4, 0.5) is 5.13 Å². The Balaban J connectivity index is 0.00000289. The van der Waals surface area contributed by atoms with Crippen LogP contribution in [0.25, 0.3) is 10.2 Å². The minimum atomic E-state index is -0.104. The second-order valence-corrected chi connectivity index (χ2v) is 9.01. The molecule has 9 heteroatoms. The van der Waals surface area contributed by atoms with Gasteiger partial charge >= 0.3 is 0 Å². The average Bonchev–Trinajstić information content (AvgIpc) is 3.19. The van der Waals surface area contributed by atoms with Gasteiger partial charge in [0.1, 0.15) is 5.75 Å². The largest absolute Gasteiger partial charge is 0.484 e. The second kappa shape index (κ2) is 11.8. The van der Waals surface area contributed by atoms with Crippen LogP contribution in [0, 0.1) is 6.92 Å². The maximum atomic E-state index is 13.1. The Bertz CT molecular complexity index is 1020. The molecular formula is C23H27Cl2N3O3S. The number of hydrogen-bond donors (Lipinski definition) is 0. The number of halogens is 2. The molecule has 2 heterocycles. The third kappa shape index (κ3) is 6.56. The highest BCUT2D eigenvalue weighted by molar-refractivity contribution is 7.22. The van der Waals surface area contributed by atoms with Gasteiger partial charge in [0.05, 0.1) is 23.4 Å². The molecule has 1 aromatic heterocycles. The van der Waals surface area contributed by atoms with Crippen molar-refractivity contribution in [3.63, 3.8) is 0 Å². The molecule has 0 spiro atoms. The Labute approximate surface area is 203 Å². The number of fused-ring (bicyclic) bond motifs is 1.